The van der Waals surface area contributed by atoms with Gasteiger partial charge in [-0.25, -0.2) is 4.79 Å². The summed E-state index contributed by atoms with van der Waals surface area (Å²) in [6.07, 6.45) is 1.95. The van der Waals surface area contributed by atoms with E-state index in [1.165, 1.54) is 4.90 Å². The fourth-order valence-corrected chi connectivity index (χ4v) is 3.84. The van der Waals surface area contributed by atoms with Gasteiger partial charge in [0, 0.05) is 19.4 Å². The van der Waals surface area contributed by atoms with Gasteiger partial charge in [0.1, 0.15) is 6.04 Å². The molecule has 0 aromatic rings. The molecule has 2 aliphatic rings. The maximum Gasteiger partial charge on any atom is 0.326 e. The van der Waals surface area contributed by atoms with Crippen LogP contribution in [0.2, 0.25) is 0 Å². The largest absolute Gasteiger partial charge is 0.480 e. The average molecular weight is 273 g/mol. The third-order valence-electron chi connectivity index (χ3n) is 3.69. The Bertz CT molecular complexity index is 330. The number of likely N-dealkylation sites (tertiary alicyclic amines) is 1. The Kier molecular flexibility index (Phi) is 4.50. The van der Waals surface area contributed by atoms with E-state index < -0.39 is 18.1 Å². The molecule has 5 nitrogen and oxygen atoms in total. The molecule has 2 heterocycles. The van der Waals surface area contributed by atoms with Gasteiger partial charge in [-0.15, -0.1) is 0 Å². The highest BCUT2D eigenvalue weighted by molar-refractivity contribution is 7.99. The van der Waals surface area contributed by atoms with Crippen molar-refractivity contribution < 1.29 is 19.8 Å². The summed E-state index contributed by atoms with van der Waals surface area (Å²) in [5.41, 5.74) is 0. The molecule has 2 saturated heterocycles. The molecule has 6 heteroatoms. The molecule has 2 N–H and O–H groups in total. The Morgan fingerprint density at radius 1 is 1.28 bits per heavy atom. The Morgan fingerprint density at radius 3 is 2.56 bits per heavy atom. The molecule has 0 aromatic carbocycles. The maximum atomic E-state index is 12.1. The Hall–Kier alpha value is -0.750. The molecule has 1 amide bonds. The topological polar surface area (TPSA) is 77.8 Å². The Balaban J connectivity index is 1.92. The molecule has 18 heavy (non-hydrogen) atoms. The van der Waals surface area contributed by atoms with Crippen molar-refractivity contribution in [1.29, 1.82) is 0 Å². The van der Waals surface area contributed by atoms with Crippen molar-refractivity contribution in [2.45, 2.75) is 37.8 Å². The number of aliphatic carboxylic acids is 1. The van der Waals surface area contributed by atoms with Crippen LogP contribution in [-0.2, 0) is 9.59 Å². The first-order valence-electron chi connectivity index (χ1n) is 6.36. The second-order valence-electron chi connectivity index (χ2n) is 5.05. The SMILES string of the molecule is O=C(O)[C@@H]1C[C@H](O)CN1C(=O)CC1CCSCC1. The predicted octanol–water partition coefficient (Wildman–Crippen LogP) is 0.566. The normalized spacial score (nSPS) is 29.5. The molecule has 102 valence electrons. The lowest BCUT2D eigenvalue weighted by atomic mass is 9.98. The van der Waals surface area contributed by atoms with E-state index in [9.17, 15) is 14.7 Å². The molecule has 0 aliphatic carbocycles. The van der Waals surface area contributed by atoms with Gasteiger partial charge < -0.3 is 15.1 Å². The molecule has 0 unspecified atom stereocenters. The number of hydrogen-bond donors (Lipinski definition) is 2. The van der Waals surface area contributed by atoms with Gasteiger partial charge in [0.15, 0.2) is 0 Å². The summed E-state index contributed by atoms with van der Waals surface area (Å²) >= 11 is 1.90. The number of carboxylic acid groups (broad SMARTS) is 1. The first-order chi connectivity index (χ1) is 8.58. The zero-order valence-electron chi connectivity index (χ0n) is 10.2. The lowest BCUT2D eigenvalue weighted by Gasteiger charge is -2.26. The van der Waals surface area contributed by atoms with Gasteiger partial charge in [-0.1, -0.05) is 0 Å². The van der Waals surface area contributed by atoms with Crippen molar-refractivity contribution in [3.63, 3.8) is 0 Å². The number of aliphatic hydroxyl groups excluding tert-OH is 1. The number of carbonyl (C=O) groups is 2. The summed E-state index contributed by atoms with van der Waals surface area (Å²) in [4.78, 5) is 24.5. The molecule has 0 aromatic heterocycles. The van der Waals surface area contributed by atoms with Crippen LogP contribution < -0.4 is 0 Å². The van der Waals surface area contributed by atoms with E-state index in [0.29, 0.717) is 12.3 Å². The summed E-state index contributed by atoms with van der Waals surface area (Å²) in [7, 11) is 0. The van der Waals surface area contributed by atoms with Crippen LogP contribution in [-0.4, -0.2) is 57.2 Å². The summed E-state index contributed by atoms with van der Waals surface area (Å²) in [6, 6.07) is -0.842. The van der Waals surface area contributed by atoms with E-state index >= 15 is 0 Å². The van der Waals surface area contributed by atoms with E-state index in [-0.39, 0.29) is 18.9 Å². The number of β-amino-alcohol motifs (C(OH)–C–C–N with tert-alkyl or cyclic N) is 1. The molecular formula is C12H19NO4S. The van der Waals surface area contributed by atoms with E-state index in [1.54, 1.807) is 0 Å². The van der Waals surface area contributed by atoms with Gasteiger partial charge in [0.2, 0.25) is 5.91 Å². The zero-order valence-corrected chi connectivity index (χ0v) is 11.1. The summed E-state index contributed by atoms with van der Waals surface area (Å²) in [6.45, 7) is 0.164. The smallest absolute Gasteiger partial charge is 0.326 e. The molecule has 2 atom stereocenters. The average Bonchev–Trinajstić information content (AvgIpc) is 2.73. The van der Waals surface area contributed by atoms with Crippen LogP contribution in [0.1, 0.15) is 25.7 Å². The van der Waals surface area contributed by atoms with Crippen molar-refractivity contribution in [2.24, 2.45) is 5.92 Å². The quantitative estimate of drug-likeness (QED) is 0.786. The molecule has 0 radical (unpaired) electrons. The highest BCUT2D eigenvalue weighted by Gasteiger charge is 2.39. The molecule has 0 bridgehead atoms. The molecule has 2 aliphatic heterocycles. The van der Waals surface area contributed by atoms with Gasteiger partial charge in [-0.3, -0.25) is 4.79 Å². The summed E-state index contributed by atoms with van der Waals surface area (Å²) in [5.74, 6) is 1.42. The van der Waals surface area contributed by atoms with Crippen LogP contribution in [0.3, 0.4) is 0 Å². The number of aliphatic hydroxyl groups is 1. The van der Waals surface area contributed by atoms with Gasteiger partial charge >= 0.3 is 5.97 Å². The minimum absolute atomic E-state index is 0.115. The van der Waals surface area contributed by atoms with E-state index in [4.69, 9.17) is 5.11 Å². The molecule has 2 rings (SSSR count). The second-order valence-corrected chi connectivity index (χ2v) is 6.27. The van der Waals surface area contributed by atoms with E-state index in [1.807, 2.05) is 11.8 Å². The maximum absolute atomic E-state index is 12.1. The van der Waals surface area contributed by atoms with Crippen molar-refractivity contribution >= 4 is 23.6 Å². The van der Waals surface area contributed by atoms with Crippen LogP contribution in [0.15, 0.2) is 0 Å². The van der Waals surface area contributed by atoms with Crippen LogP contribution in [0.5, 0.6) is 0 Å². The van der Waals surface area contributed by atoms with Gasteiger partial charge in [0.05, 0.1) is 6.10 Å². The lowest BCUT2D eigenvalue weighted by Crippen LogP contribution is -2.41. The number of thioether (sulfide) groups is 1. The molecule has 0 spiro atoms. The lowest BCUT2D eigenvalue weighted by molar-refractivity contribution is -0.148. The van der Waals surface area contributed by atoms with Crippen LogP contribution in [0.25, 0.3) is 0 Å². The van der Waals surface area contributed by atoms with Gasteiger partial charge in [0.25, 0.3) is 0 Å². The molecule has 2 fully saturated rings. The highest BCUT2D eigenvalue weighted by atomic mass is 32.2. The van der Waals surface area contributed by atoms with Crippen LogP contribution >= 0.6 is 11.8 Å². The van der Waals surface area contributed by atoms with Gasteiger partial charge in [-0.05, 0) is 30.3 Å². The van der Waals surface area contributed by atoms with Crippen LogP contribution in [0.4, 0.5) is 0 Å². The first kappa shape index (κ1) is 13.7. The second kappa shape index (κ2) is 5.93. The summed E-state index contributed by atoms with van der Waals surface area (Å²) < 4.78 is 0. The van der Waals surface area contributed by atoms with Crippen molar-refractivity contribution in [3.8, 4) is 0 Å². The first-order valence-corrected chi connectivity index (χ1v) is 7.51. The third-order valence-corrected chi connectivity index (χ3v) is 4.74. The predicted molar refractivity (Wildman–Crippen MR) is 68.4 cm³/mol. The number of carboxylic acids is 1. The van der Waals surface area contributed by atoms with E-state index in [2.05, 4.69) is 0 Å². The monoisotopic (exact) mass is 273 g/mol. The highest BCUT2D eigenvalue weighted by Crippen LogP contribution is 2.27. The minimum atomic E-state index is -1.01. The number of nitrogens with zero attached hydrogens (tertiary/aromatic N) is 1. The fourth-order valence-electron chi connectivity index (χ4n) is 2.64. The van der Waals surface area contributed by atoms with Crippen molar-refractivity contribution in [3.05, 3.63) is 0 Å². The Morgan fingerprint density at radius 2 is 1.94 bits per heavy atom. The van der Waals surface area contributed by atoms with E-state index in [0.717, 1.165) is 24.3 Å². The number of carbonyl (C=O) groups excluding carboxylic acids is 1. The molecular weight excluding hydrogens is 254 g/mol. The Labute approximate surface area is 111 Å². The molecule has 0 saturated carbocycles. The number of amides is 1. The third kappa shape index (κ3) is 3.17. The van der Waals surface area contributed by atoms with Crippen molar-refractivity contribution in [2.75, 3.05) is 18.1 Å². The standard InChI is InChI=1S/C12H19NO4S/c14-9-6-10(12(16)17)13(7-9)11(15)5-8-1-3-18-4-2-8/h8-10,14H,1-7H2,(H,16,17)/t9-,10-/m0/s1. The zero-order chi connectivity index (χ0) is 13.1. The summed E-state index contributed by atoms with van der Waals surface area (Å²) in [5, 5.41) is 18.6. The van der Waals surface area contributed by atoms with Crippen molar-refractivity contribution in [1.82, 2.24) is 4.90 Å². The fraction of sp³-hybridized carbons (Fsp3) is 0.833. The number of hydrogen-bond acceptors (Lipinski definition) is 4. The van der Waals surface area contributed by atoms with Gasteiger partial charge in [-0.2, -0.15) is 11.8 Å². The van der Waals surface area contributed by atoms with Crippen LogP contribution in [0, 0.1) is 5.92 Å². The minimum Gasteiger partial charge on any atom is -0.480 e. The number of rotatable bonds is 3.